The van der Waals surface area contributed by atoms with Gasteiger partial charge in [-0.05, 0) is 25.2 Å². The lowest BCUT2D eigenvalue weighted by molar-refractivity contribution is -0.145. The predicted molar refractivity (Wildman–Crippen MR) is 68.1 cm³/mol. The SMILES string of the molecule is C/C(=N\NC(N)=O)C1(C)CCC(C(=O)O)C1(C)C. The first-order chi connectivity index (χ1) is 8.13. The minimum absolute atomic E-state index is 0.363. The highest BCUT2D eigenvalue weighted by molar-refractivity contribution is 5.91. The average molecular weight is 255 g/mol. The number of nitrogens with one attached hydrogen (secondary N) is 1. The van der Waals surface area contributed by atoms with Crippen molar-refractivity contribution < 1.29 is 14.7 Å². The third-order valence-corrected chi connectivity index (χ3v) is 4.66. The number of carbonyl (C=O) groups excluding carboxylic acids is 1. The van der Waals surface area contributed by atoms with Gasteiger partial charge in [-0.15, -0.1) is 0 Å². The molecule has 6 heteroatoms. The molecule has 0 aromatic rings. The number of urea groups is 1. The van der Waals surface area contributed by atoms with E-state index in [9.17, 15) is 14.7 Å². The predicted octanol–water partition coefficient (Wildman–Crippen LogP) is 1.56. The molecule has 0 saturated heterocycles. The van der Waals surface area contributed by atoms with Crippen molar-refractivity contribution in [1.29, 1.82) is 0 Å². The fourth-order valence-electron chi connectivity index (χ4n) is 2.84. The van der Waals surface area contributed by atoms with Crippen molar-refractivity contribution in [3.8, 4) is 0 Å². The van der Waals surface area contributed by atoms with Crippen LogP contribution in [0.2, 0.25) is 0 Å². The first-order valence-corrected chi connectivity index (χ1v) is 5.96. The molecular formula is C12H21N3O3. The Kier molecular flexibility index (Phi) is 3.69. The van der Waals surface area contributed by atoms with Gasteiger partial charge < -0.3 is 10.8 Å². The Bertz CT molecular complexity index is 403. The largest absolute Gasteiger partial charge is 0.481 e. The molecule has 0 bridgehead atoms. The Morgan fingerprint density at radius 3 is 2.33 bits per heavy atom. The molecule has 2 unspecified atom stereocenters. The maximum absolute atomic E-state index is 11.3. The van der Waals surface area contributed by atoms with Gasteiger partial charge in [-0.1, -0.05) is 20.8 Å². The van der Waals surface area contributed by atoms with Crippen molar-refractivity contribution in [2.24, 2.45) is 27.6 Å². The van der Waals surface area contributed by atoms with Gasteiger partial charge in [0.2, 0.25) is 0 Å². The van der Waals surface area contributed by atoms with Crippen LogP contribution in [-0.4, -0.2) is 22.8 Å². The van der Waals surface area contributed by atoms with Gasteiger partial charge in [0.25, 0.3) is 0 Å². The molecule has 0 spiro atoms. The summed E-state index contributed by atoms with van der Waals surface area (Å²) in [5, 5.41) is 13.2. The number of nitrogens with two attached hydrogens (primary N) is 1. The lowest BCUT2D eigenvalue weighted by Gasteiger charge is -2.40. The molecule has 1 aliphatic carbocycles. The van der Waals surface area contributed by atoms with Gasteiger partial charge in [0.15, 0.2) is 0 Å². The molecule has 0 aromatic heterocycles. The third kappa shape index (κ3) is 2.19. The van der Waals surface area contributed by atoms with E-state index in [0.717, 1.165) is 6.42 Å². The molecule has 1 saturated carbocycles. The van der Waals surface area contributed by atoms with Crippen molar-refractivity contribution in [3.63, 3.8) is 0 Å². The fraction of sp³-hybridized carbons (Fsp3) is 0.750. The maximum Gasteiger partial charge on any atom is 0.332 e. The summed E-state index contributed by atoms with van der Waals surface area (Å²) in [7, 11) is 0. The van der Waals surface area contributed by atoms with Crippen LogP contribution in [0.15, 0.2) is 5.10 Å². The van der Waals surface area contributed by atoms with Crippen molar-refractivity contribution >= 4 is 17.7 Å². The summed E-state index contributed by atoms with van der Waals surface area (Å²) in [6, 6.07) is -0.719. The third-order valence-electron chi connectivity index (χ3n) is 4.66. The molecule has 0 radical (unpaired) electrons. The zero-order chi connectivity index (χ0) is 14.1. The highest BCUT2D eigenvalue weighted by Gasteiger charge is 2.55. The van der Waals surface area contributed by atoms with Crippen molar-refractivity contribution in [1.82, 2.24) is 5.43 Å². The van der Waals surface area contributed by atoms with Crippen LogP contribution < -0.4 is 11.2 Å². The van der Waals surface area contributed by atoms with Gasteiger partial charge in [0.1, 0.15) is 0 Å². The minimum atomic E-state index is -0.778. The first-order valence-electron chi connectivity index (χ1n) is 5.96. The molecule has 0 heterocycles. The highest BCUT2D eigenvalue weighted by atomic mass is 16.4. The number of aliphatic carboxylic acids is 1. The molecule has 2 amide bonds. The van der Waals surface area contributed by atoms with Crippen LogP contribution in [0, 0.1) is 16.7 Å². The Balaban J connectivity index is 3.04. The van der Waals surface area contributed by atoms with Crippen LogP contribution in [0.1, 0.15) is 40.5 Å². The van der Waals surface area contributed by atoms with Crippen LogP contribution in [-0.2, 0) is 4.79 Å². The lowest BCUT2D eigenvalue weighted by atomic mass is 9.63. The van der Waals surface area contributed by atoms with Crippen molar-refractivity contribution in [2.75, 3.05) is 0 Å². The van der Waals surface area contributed by atoms with Gasteiger partial charge in [0.05, 0.1) is 5.92 Å². The smallest absolute Gasteiger partial charge is 0.332 e. The number of nitrogens with zero attached hydrogens (tertiary/aromatic N) is 1. The number of rotatable bonds is 3. The second kappa shape index (κ2) is 4.59. The fourth-order valence-corrected chi connectivity index (χ4v) is 2.84. The number of hydrogen-bond donors (Lipinski definition) is 3. The second-order valence-electron chi connectivity index (χ2n) is 5.66. The lowest BCUT2D eigenvalue weighted by Crippen LogP contribution is -2.42. The van der Waals surface area contributed by atoms with Gasteiger partial charge in [0, 0.05) is 11.1 Å². The van der Waals surface area contributed by atoms with Crippen molar-refractivity contribution in [2.45, 2.75) is 40.5 Å². The molecule has 2 atom stereocenters. The van der Waals surface area contributed by atoms with E-state index < -0.39 is 23.3 Å². The molecule has 6 nitrogen and oxygen atoms in total. The number of primary amides is 1. The number of amides is 2. The normalized spacial score (nSPS) is 31.1. The van der Waals surface area contributed by atoms with E-state index in [-0.39, 0.29) is 5.41 Å². The number of hydrazone groups is 1. The monoisotopic (exact) mass is 255 g/mol. The standard InChI is InChI=1S/C12H21N3O3/c1-7(14-15-10(13)18)12(4)6-5-8(9(16)17)11(12,2)3/h8H,5-6H2,1-4H3,(H,16,17)(H3,13,15,18)/b14-7+. The first kappa shape index (κ1) is 14.5. The van der Waals surface area contributed by atoms with Crippen LogP contribution >= 0.6 is 0 Å². The molecule has 4 N–H and O–H groups in total. The molecule has 102 valence electrons. The highest BCUT2D eigenvalue weighted by Crippen LogP contribution is 2.56. The zero-order valence-corrected chi connectivity index (χ0v) is 11.3. The molecular weight excluding hydrogens is 234 g/mol. The summed E-state index contributed by atoms with van der Waals surface area (Å²) in [6.45, 7) is 7.64. The summed E-state index contributed by atoms with van der Waals surface area (Å²) in [4.78, 5) is 21.9. The molecule has 1 rings (SSSR count). The van der Waals surface area contributed by atoms with E-state index in [1.807, 2.05) is 20.8 Å². The second-order valence-corrected chi connectivity index (χ2v) is 5.66. The number of carboxylic acid groups (broad SMARTS) is 1. The number of carboxylic acids is 1. The summed E-state index contributed by atoms with van der Waals surface area (Å²) < 4.78 is 0. The van der Waals surface area contributed by atoms with Crippen LogP contribution in [0.25, 0.3) is 0 Å². The van der Waals surface area contributed by atoms with Crippen LogP contribution in [0.5, 0.6) is 0 Å². The van der Waals surface area contributed by atoms with E-state index in [1.54, 1.807) is 6.92 Å². The molecule has 1 aliphatic rings. The molecule has 18 heavy (non-hydrogen) atoms. The summed E-state index contributed by atoms with van der Waals surface area (Å²) in [5.74, 6) is -1.18. The van der Waals surface area contributed by atoms with Gasteiger partial charge in [-0.25, -0.2) is 10.2 Å². The number of hydrogen-bond acceptors (Lipinski definition) is 3. The van der Waals surface area contributed by atoms with E-state index in [4.69, 9.17) is 5.73 Å². The van der Waals surface area contributed by atoms with Crippen molar-refractivity contribution in [3.05, 3.63) is 0 Å². The van der Waals surface area contributed by atoms with E-state index >= 15 is 0 Å². The Hall–Kier alpha value is -1.59. The zero-order valence-electron chi connectivity index (χ0n) is 11.3. The Morgan fingerprint density at radius 1 is 1.39 bits per heavy atom. The summed E-state index contributed by atoms with van der Waals surface area (Å²) >= 11 is 0. The maximum atomic E-state index is 11.3. The average Bonchev–Trinajstić information content (AvgIpc) is 2.47. The minimum Gasteiger partial charge on any atom is -0.481 e. The van der Waals surface area contributed by atoms with E-state index in [2.05, 4.69) is 10.5 Å². The Morgan fingerprint density at radius 2 is 1.94 bits per heavy atom. The quantitative estimate of drug-likeness (QED) is 0.526. The molecule has 0 aliphatic heterocycles. The Labute approximate surface area is 107 Å². The van der Waals surface area contributed by atoms with Gasteiger partial charge in [-0.2, -0.15) is 5.10 Å². The van der Waals surface area contributed by atoms with Gasteiger partial charge >= 0.3 is 12.0 Å². The topological polar surface area (TPSA) is 105 Å². The van der Waals surface area contributed by atoms with Crippen LogP contribution in [0.3, 0.4) is 0 Å². The van der Waals surface area contributed by atoms with E-state index in [1.165, 1.54) is 0 Å². The number of carbonyl (C=O) groups is 2. The summed E-state index contributed by atoms with van der Waals surface area (Å²) in [6.07, 6.45) is 1.34. The summed E-state index contributed by atoms with van der Waals surface area (Å²) in [5.41, 5.74) is 7.10. The van der Waals surface area contributed by atoms with Gasteiger partial charge in [-0.3, -0.25) is 4.79 Å². The molecule has 0 aromatic carbocycles. The molecule has 1 fully saturated rings. The van der Waals surface area contributed by atoms with Crippen LogP contribution in [0.4, 0.5) is 4.79 Å². The van der Waals surface area contributed by atoms with E-state index in [0.29, 0.717) is 12.1 Å².